The van der Waals surface area contributed by atoms with Crippen LogP contribution >= 0.6 is 0 Å². The van der Waals surface area contributed by atoms with E-state index in [9.17, 15) is 30.7 Å². The van der Waals surface area contributed by atoms with Crippen LogP contribution in [0.25, 0.3) is 5.65 Å². The van der Waals surface area contributed by atoms with E-state index < -0.39 is 24.3 Å². The van der Waals surface area contributed by atoms with Crippen molar-refractivity contribution in [3.63, 3.8) is 0 Å². The maximum absolute atomic E-state index is 14.0. The zero-order chi connectivity index (χ0) is 31.8. The van der Waals surface area contributed by atoms with Gasteiger partial charge in [-0.3, -0.25) is 4.90 Å². The summed E-state index contributed by atoms with van der Waals surface area (Å²) in [5.41, 5.74) is 2.79. The summed E-state index contributed by atoms with van der Waals surface area (Å²) >= 11 is 0. The summed E-state index contributed by atoms with van der Waals surface area (Å²) in [6.07, 6.45) is -5.95. The third-order valence-corrected chi connectivity index (χ3v) is 6.42. The number of pyridine rings is 1. The molecule has 0 saturated carbocycles. The monoisotopic (exact) mass is 623 g/mol. The lowest BCUT2D eigenvalue weighted by atomic mass is 9.97. The van der Waals surface area contributed by atoms with E-state index in [2.05, 4.69) is 22.1 Å². The number of halogens is 7. The van der Waals surface area contributed by atoms with Gasteiger partial charge in [-0.05, 0) is 37.6 Å². The standard InChI is InChI=1S/C22H26FN5O.2C2HF3O2/c23-20-6-2-1-4-17(20)14-26-9-3-5-18(15-26)22-24-21-8-7-19(16-28(21)25-22)27-10-12-29-13-11-27;2*3-2(4,5)1(6)7/h1-2,4,6-8,16,18H,3,5,9-15H2;2*(H,6,7). The fourth-order valence-corrected chi connectivity index (χ4v) is 4.35. The van der Waals surface area contributed by atoms with Crippen LogP contribution in [0.3, 0.4) is 0 Å². The van der Waals surface area contributed by atoms with Crippen LogP contribution in [0, 0.1) is 5.82 Å². The molecule has 43 heavy (non-hydrogen) atoms. The predicted molar refractivity (Wildman–Crippen MR) is 137 cm³/mol. The number of aromatic nitrogens is 3. The minimum absolute atomic E-state index is 0.129. The second kappa shape index (κ2) is 14.5. The van der Waals surface area contributed by atoms with Crippen molar-refractivity contribution in [2.75, 3.05) is 44.3 Å². The van der Waals surface area contributed by atoms with Gasteiger partial charge >= 0.3 is 24.3 Å². The number of nitrogens with zero attached hydrogens (tertiary/aromatic N) is 5. The number of likely N-dealkylation sites (tertiary alicyclic amines) is 1. The van der Waals surface area contributed by atoms with Crippen LogP contribution in [-0.2, 0) is 20.9 Å². The Bertz CT molecular complexity index is 1350. The van der Waals surface area contributed by atoms with Gasteiger partial charge in [0.25, 0.3) is 0 Å². The lowest BCUT2D eigenvalue weighted by molar-refractivity contribution is -0.193. The molecule has 10 nitrogen and oxygen atoms in total. The summed E-state index contributed by atoms with van der Waals surface area (Å²) in [4.78, 5) is 27.2. The van der Waals surface area contributed by atoms with E-state index in [-0.39, 0.29) is 11.7 Å². The van der Waals surface area contributed by atoms with E-state index in [1.807, 2.05) is 22.7 Å². The molecule has 2 fully saturated rings. The van der Waals surface area contributed by atoms with Gasteiger partial charge in [0.2, 0.25) is 0 Å². The maximum Gasteiger partial charge on any atom is 0.490 e. The molecule has 1 unspecified atom stereocenters. The van der Waals surface area contributed by atoms with Crippen molar-refractivity contribution in [2.45, 2.75) is 37.7 Å². The number of hydrogen-bond acceptors (Lipinski definition) is 7. The molecular formula is C26H28F7N5O5. The molecular weight excluding hydrogens is 595 g/mol. The van der Waals surface area contributed by atoms with Gasteiger partial charge in [-0.15, -0.1) is 0 Å². The van der Waals surface area contributed by atoms with Crippen molar-refractivity contribution in [3.8, 4) is 0 Å². The van der Waals surface area contributed by atoms with Gasteiger partial charge in [-0.1, -0.05) is 18.2 Å². The van der Waals surface area contributed by atoms with Crippen LogP contribution in [0.2, 0.25) is 0 Å². The molecule has 3 aromatic rings. The van der Waals surface area contributed by atoms with Crippen LogP contribution in [0.15, 0.2) is 42.6 Å². The zero-order valence-electron chi connectivity index (χ0n) is 22.5. The molecule has 0 radical (unpaired) electrons. The summed E-state index contributed by atoms with van der Waals surface area (Å²) < 4.78 is 84.8. The smallest absolute Gasteiger partial charge is 0.475 e. The number of ether oxygens (including phenoxy) is 1. The first-order valence-corrected chi connectivity index (χ1v) is 12.9. The first-order valence-electron chi connectivity index (χ1n) is 12.9. The number of carboxylic acids is 2. The van der Waals surface area contributed by atoms with Crippen LogP contribution in [0.1, 0.15) is 30.1 Å². The van der Waals surface area contributed by atoms with Gasteiger partial charge in [0.15, 0.2) is 11.5 Å². The Morgan fingerprint density at radius 2 is 1.53 bits per heavy atom. The predicted octanol–water partition coefficient (Wildman–Crippen LogP) is 4.35. The molecule has 2 aromatic heterocycles. The van der Waals surface area contributed by atoms with Gasteiger partial charge in [0.05, 0.1) is 25.1 Å². The van der Waals surface area contributed by atoms with Crippen molar-refractivity contribution in [1.29, 1.82) is 0 Å². The Morgan fingerprint density at radius 3 is 2.12 bits per heavy atom. The fraction of sp³-hybridized carbons (Fsp3) is 0.462. The minimum atomic E-state index is -5.08. The van der Waals surface area contributed by atoms with Gasteiger partial charge in [-0.25, -0.2) is 23.5 Å². The number of aliphatic carboxylic acids is 2. The van der Waals surface area contributed by atoms with E-state index in [1.165, 1.54) is 6.07 Å². The van der Waals surface area contributed by atoms with E-state index in [1.54, 1.807) is 6.07 Å². The molecule has 5 rings (SSSR count). The Morgan fingerprint density at radius 1 is 0.930 bits per heavy atom. The average molecular weight is 624 g/mol. The molecule has 0 aliphatic carbocycles. The van der Waals surface area contributed by atoms with Crippen molar-refractivity contribution in [1.82, 2.24) is 19.5 Å². The van der Waals surface area contributed by atoms with E-state index in [0.29, 0.717) is 6.54 Å². The van der Waals surface area contributed by atoms with E-state index in [4.69, 9.17) is 34.6 Å². The van der Waals surface area contributed by atoms with Crippen LogP contribution in [0.5, 0.6) is 0 Å². The molecule has 0 spiro atoms. The molecule has 236 valence electrons. The minimum Gasteiger partial charge on any atom is -0.475 e. The van der Waals surface area contributed by atoms with Gasteiger partial charge < -0.3 is 19.8 Å². The highest BCUT2D eigenvalue weighted by molar-refractivity contribution is 5.73. The highest BCUT2D eigenvalue weighted by Gasteiger charge is 2.39. The molecule has 0 amide bonds. The summed E-state index contributed by atoms with van der Waals surface area (Å²) in [6.45, 7) is 5.82. The lowest BCUT2D eigenvalue weighted by Crippen LogP contribution is -2.36. The van der Waals surface area contributed by atoms with Crippen molar-refractivity contribution >= 4 is 23.3 Å². The zero-order valence-corrected chi connectivity index (χ0v) is 22.5. The number of carboxylic acid groups (broad SMARTS) is 2. The first-order chi connectivity index (χ1) is 20.1. The lowest BCUT2D eigenvalue weighted by Gasteiger charge is -2.31. The normalized spacial score (nSPS) is 17.8. The molecule has 2 aliphatic heterocycles. The number of anilines is 1. The summed E-state index contributed by atoms with van der Waals surface area (Å²) in [5, 5.41) is 19.0. The SMILES string of the molecule is Fc1ccccc1CN1CCCC(c2nc3ccc(N4CCOCC4)cn3n2)C1.O=C(O)C(F)(F)F.O=C(O)C(F)(F)F. The number of hydrogen-bond donors (Lipinski definition) is 2. The molecule has 2 saturated heterocycles. The first kappa shape index (κ1) is 33.5. The Balaban J connectivity index is 0.000000303. The van der Waals surface area contributed by atoms with E-state index in [0.717, 1.165) is 75.0 Å². The maximum atomic E-state index is 14.0. The number of fused-ring (bicyclic) bond motifs is 1. The second-order valence-electron chi connectivity index (χ2n) is 9.53. The highest BCUT2D eigenvalue weighted by Crippen LogP contribution is 2.27. The van der Waals surface area contributed by atoms with E-state index >= 15 is 0 Å². The molecule has 2 aliphatic rings. The highest BCUT2D eigenvalue weighted by atomic mass is 19.4. The number of piperidine rings is 1. The van der Waals surface area contributed by atoms with Crippen molar-refractivity contribution in [2.24, 2.45) is 0 Å². The number of alkyl halides is 6. The van der Waals surface area contributed by atoms with Gasteiger partial charge in [-0.2, -0.15) is 31.4 Å². The summed E-state index contributed by atoms with van der Waals surface area (Å²) in [6, 6.07) is 11.2. The van der Waals surface area contributed by atoms with Crippen LogP contribution in [0.4, 0.5) is 36.4 Å². The van der Waals surface area contributed by atoms with Gasteiger partial charge in [0, 0.05) is 37.7 Å². The number of benzene rings is 1. The third-order valence-electron chi connectivity index (χ3n) is 6.42. The molecule has 0 bridgehead atoms. The van der Waals surface area contributed by atoms with Gasteiger partial charge in [0.1, 0.15) is 5.82 Å². The summed E-state index contributed by atoms with van der Waals surface area (Å²) in [5.74, 6) is -4.47. The fourth-order valence-electron chi connectivity index (χ4n) is 4.35. The second-order valence-corrected chi connectivity index (χ2v) is 9.53. The van der Waals surface area contributed by atoms with Crippen LogP contribution in [-0.4, -0.2) is 93.4 Å². The van der Waals surface area contributed by atoms with Crippen molar-refractivity contribution < 1.29 is 55.3 Å². The number of morpholine rings is 1. The molecule has 2 N–H and O–H groups in total. The topological polar surface area (TPSA) is 121 Å². The molecule has 1 atom stereocenters. The average Bonchev–Trinajstić information content (AvgIpc) is 3.38. The molecule has 1 aromatic carbocycles. The third kappa shape index (κ3) is 10.1. The Kier molecular flexibility index (Phi) is 11.3. The van der Waals surface area contributed by atoms with Crippen molar-refractivity contribution in [3.05, 3.63) is 59.8 Å². The number of carbonyl (C=O) groups is 2. The summed E-state index contributed by atoms with van der Waals surface area (Å²) in [7, 11) is 0. The number of rotatable bonds is 4. The molecule has 4 heterocycles. The quantitative estimate of drug-likeness (QED) is 0.409. The Hall–Kier alpha value is -3.99. The Labute approximate surface area is 240 Å². The largest absolute Gasteiger partial charge is 0.490 e. The molecule has 17 heteroatoms. The van der Waals surface area contributed by atoms with Crippen LogP contribution < -0.4 is 4.90 Å².